The van der Waals surface area contributed by atoms with Crippen molar-refractivity contribution >= 4 is 30.5 Å². The fourth-order valence-electron chi connectivity index (χ4n) is 2.12. The molecule has 0 aliphatic carbocycles. The van der Waals surface area contributed by atoms with Crippen molar-refractivity contribution in [1.82, 2.24) is 0 Å². The quantitative estimate of drug-likeness (QED) is 0.0949. The van der Waals surface area contributed by atoms with E-state index in [2.05, 4.69) is 48.8 Å². The summed E-state index contributed by atoms with van der Waals surface area (Å²) in [7, 11) is 0. The van der Waals surface area contributed by atoms with Crippen molar-refractivity contribution < 1.29 is 29.0 Å². The van der Waals surface area contributed by atoms with Gasteiger partial charge >= 0.3 is 17.9 Å². The predicted octanol–water partition coefficient (Wildman–Crippen LogP) is 6.14. The van der Waals surface area contributed by atoms with Gasteiger partial charge in [-0.1, -0.05) is 84.4 Å². The van der Waals surface area contributed by atoms with Crippen LogP contribution in [0.5, 0.6) is 0 Å². The Kier molecular flexibility index (Phi) is 28.6. The smallest absolute Gasteiger partial charge is 0.340 e. The second-order valence-corrected chi connectivity index (χ2v) is 8.23. The highest BCUT2D eigenvalue weighted by molar-refractivity contribution is 7.80. The maximum Gasteiger partial charge on any atom is 0.340 e. The Morgan fingerprint density at radius 3 is 1.36 bits per heavy atom. The zero-order valence-electron chi connectivity index (χ0n) is 21.2. The van der Waals surface area contributed by atoms with Gasteiger partial charge in [0.15, 0.2) is 0 Å². The Bertz CT molecular complexity index is 549. The number of aliphatic hydroxyl groups excluding tert-OH is 1. The van der Waals surface area contributed by atoms with Crippen LogP contribution in [0.3, 0.4) is 0 Å². The standard InChI is InChI=1S/C12H26S.C8H10O3.C6H10O3/c1-2-3-4-5-6-7-8-9-10-11-12-13;1-5(2)7(9)11-8(10)6(3)4;1-5(2)6(8)9-4-3-7/h13H,2-12H2,1H3;1,3H2,2,4H3;7H,1,3-4H2,2H3. The van der Waals surface area contributed by atoms with Crippen LogP contribution in [0.4, 0.5) is 0 Å². The first-order chi connectivity index (χ1) is 15.5. The summed E-state index contributed by atoms with van der Waals surface area (Å²) >= 11 is 4.20. The fourth-order valence-corrected chi connectivity index (χ4v) is 2.34. The summed E-state index contributed by atoms with van der Waals surface area (Å²) in [5.41, 5.74) is 0.739. The third-order valence-electron chi connectivity index (χ3n) is 4.07. The Morgan fingerprint density at radius 2 is 1.06 bits per heavy atom. The molecule has 0 amide bonds. The highest BCUT2D eigenvalue weighted by Gasteiger charge is 2.10. The van der Waals surface area contributed by atoms with Crippen LogP contribution < -0.4 is 0 Å². The molecule has 0 aromatic heterocycles. The van der Waals surface area contributed by atoms with E-state index in [-0.39, 0.29) is 24.4 Å². The summed E-state index contributed by atoms with van der Waals surface area (Å²) in [6.45, 7) is 16.6. The molecule has 33 heavy (non-hydrogen) atoms. The molecule has 0 bridgehead atoms. The molecule has 0 aliphatic heterocycles. The van der Waals surface area contributed by atoms with Crippen LogP contribution in [0.1, 0.15) is 91.9 Å². The number of aliphatic hydroxyl groups is 1. The molecule has 0 spiro atoms. The van der Waals surface area contributed by atoms with E-state index < -0.39 is 17.9 Å². The normalized spacial score (nSPS) is 9.39. The largest absolute Gasteiger partial charge is 0.460 e. The Balaban J connectivity index is -0.000000416. The minimum Gasteiger partial charge on any atom is -0.460 e. The van der Waals surface area contributed by atoms with Gasteiger partial charge < -0.3 is 14.6 Å². The number of esters is 3. The molecule has 0 aromatic rings. The number of ether oxygens (including phenoxy) is 2. The van der Waals surface area contributed by atoms with E-state index in [1.165, 1.54) is 78.1 Å². The van der Waals surface area contributed by atoms with Crippen LogP contribution in [0.2, 0.25) is 0 Å². The van der Waals surface area contributed by atoms with Crippen LogP contribution in [0, 0.1) is 0 Å². The number of thiol groups is 1. The molecule has 0 aromatic carbocycles. The highest BCUT2D eigenvalue weighted by Crippen LogP contribution is 2.10. The van der Waals surface area contributed by atoms with Crippen LogP contribution in [-0.4, -0.2) is 42.0 Å². The number of unbranched alkanes of at least 4 members (excludes halogenated alkanes) is 9. The third kappa shape index (κ3) is 30.1. The zero-order valence-corrected chi connectivity index (χ0v) is 22.1. The Labute approximate surface area is 206 Å². The van der Waals surface area contributed by atoms with Gasteiger partial charge in [0.05, 0.1) is 6.61 Å². The van der Waals surface area contributed by atoms with Gasteiger partial charge in [-0.05, 0) is 32.9 Å². The molecule has 6 nitrogen and oxygen atoms in total. The minimum absolute atomic E-state index is 0.0473. The number of hydrogen-bond acceptors (Lipinski definition) is 7. The molecule has 192 valence electrons. The monoisotopic (exact) mass is 486 g/mol. The molecule has 0 aliphatic rings. The molecule has 0 saturated carbocycles. The topological polar surface area (TPSA) is 89.9 Å². The zero-order chi connectivity index (χ0) is 26.1. The molecule has 0 fully saturated rings. The van der Waals surface area contributed by atoms with Crippen LogP contribution >= 0.6 is 12.6 Å². The highest BCUT2D eigenvalue weighted by atomic mass is 32.1. The summed E-state index contributed by atoms with van der Waals surface area (Å²) in [4.78, 5) is 31.8. The molecule has 0 unspecified atom stereocenters. The molecule has 0 rings (SSSR count). The third-order valence-corrected chi connectivity index (χ3v) is 4.38. The first kappa shape index (κ1) is 35.7. The van der Waals surface area contributed by atoms with Crippen LogP contribution in [0.15, 0.2) is 36.5 Å². The van der Waals surface area contributed by atoms with Gasteiger partial charge in [-0.3, -0.25) is 0 Å². The molecular weight excluding hydrogens is 440 g/mol. The first-order valence-electron chi connectivity index (χ1n) is 11.7. The lowest BCUT2D eigenvalue weighted by molar-refractivity contribution is -0.154. The van der Waals surface area contributed by atoms with Gasteiger partial charge in [-0.2, -0.15) is 12.6 Å². The fraction of sp³-hybridized carbons (Fsp3) is 0.654. The first-order valence-corrected chi connectivity index (χ1v) is 12.3. The second-order valence-electron chi connectivity index (χ2n) is 7.78. The SMILES string of the molecule is C=C(C)C(=O)OC(=O)C(=C)C.C=C(C)C(=O)OCCO.CCCCCCCCCCCCS. The summed E-state index contributed by atoms with van der Waals surface area (Å²) in [5, 5.41) is 8.19. The number of carbonyl (C=O) groups is 3. The van der Waals surface area contributed by atoms with Crippen molar-refractivity contribution in [1.29, 1.82) is 0 Å². The van der Waals surface area contributed by atoms with E-state index in [0.717, 1.165) is 5.75 Å². The summed E-state index contributed by atoms with van der Waals surface area (Å²) in [6.07, 6.45) is 14.2. The van der Waals surface area contributed by atoms with Crippen molar-refractivity contribution in [2.24, 2.45) is 0 Å². The molecular formula is C26H46O6S. The minimum atomic E-state index is -0.710. The van der Waals surface area contributed by atoms with Crippen molar-refractivity contribution in [3.8, 4) is 0 Å². The van der Waals surface area contributed by atoms with E-state index in [4.69, 9.17) is 5.11 Å². The van der Waals surface area contributed by atoms with E-state index in [0.29, 0.717) is 5.57 Å². The van der Waals surface area contributed by atoms with Crippen molar-refractivity contribution in [2.75, 3.05) is 19.0 Å². The maximum absolute atomic E-state index is 10.7. The van der Waals surface area contributed by atoms with E-state index in [1.807, 2.05) is 0 Å². The molecule has 0 saturated heterocycles. The molecule has 0 atom stereocenters. The summed E-state index contributed by atoms with van der Waals surface area (Å²) in [5.74, 6) is -0.809. The molecule has 0 radical (unpaired) electrons. The van der Waals surface area contributed by atoms with Gasteiger partial charge in [0.1, 0.15) is 6.61 Å². The average molecular weight is 487 g/mol. The van der Waals surface area contributed by atoms with E-state index >= 15 is 0 Å². The van der Waals surface area contributed by atoms with Crippen LogP contribution in [-0.2, 0) is 23.9 Å². The second kappa shape index (κ2) is 26.4. The van der Waals surface area contributed by atoms with Gasteiger partial charge in [0, 0.05) is 16.7 Å². The number of carbonyl (C=O) groups excluding carboxylic acids is 3. The molecule has 7 heteroatoms. The number of rotatable bonds is 15. The predicted molar refractivity (Wildman–Crippen MR) is 139 cm³/mol. The van der Waals surface area contributed by atoms with Crippen LogP contribution in [0.25, 0.3) is 0 Å². The summed E-state index contributed by atoms with van der Waals surface area (Å²) in [6, 6.07) is 0. The lowest BCUT2D eigenvalue weighted by Crippen LogP contribution is -2.12. The summed E-state index contributed by atoms with van der Waals surface area (Å²) < 4.78 is 8.76. The Morgan fingerprint density at radius 1 is 0.697 bits per heavy atom. The van der Waals surface area contributed by atoms with Gasteiger partial charge in [0.25, 0.3) is 0 Å². The van der Waals surface area contributed by atoms with E-state index in [9.17, 15) is 14.4 Å². The lowest BCUT2D eigenvalue weighted by atomic mass is 10.1. The van der Waals surface area contributed by atoms with Crippen molar-refractivity contribution in [2.45, 2.75) is 91.9 Å². The maximum atomic E-state index is 10.7. The van der Waals surface area contributed by atoms with Gasteiger partial charge in [0.2, 0.25) is 0 Å². The lowest BCUT2D eigenvalue weighted by Gasteiger charge is -2.00. The van der Waals surface area contributed by atoms with Crippen molar-refractivity contribution in [3.05, 3.63) is 36.5 Å². The van der Waals surface area contributed by atoms with Gasteiger partial charge in [-0.15, -0.1) is 0 Å². The van der Waals surface area contributed by atoms with Crippen molar-refractivity contribution in [3.63, 3.8) is 0 Å². The molecule has 0 heterocycles. The molecule has 1 N–H and O–H groups in total. The number of hydrogen-bond donors (Lipinski definition) is 2. The van der Waals surface area contributed by atoms with E-state index in [1.54, 1.807) is 6.92 Å². The Hall–Kier alpha value is -1.86. The van der Waals surface area contributed by atoms with Gasteiger partial charge in [-0.25, -0.2) is 14.4 Å². The average Bonchev–Trinajstić information content (AvgIpc) is 2.76.